The summed E-state index contributed by atoms with van der Waals surface area (Å²) in [6.07, 6.45) is 0. The van der Waals surface area contributed by atoms with E-state index in [9.17, 15) is 8.78 Å². The number of alkyl halides is 2. The van der Waals surface area contributed by atoms with Crippen LogP contribution in [0.2, 0.25) is 0 Å². The van der Waals surface area contributed by atoms with Crippen molar-refractivity contribution in [3.63, 3.8) is 0 Å². The molecular weight excluding hydrogens is 154 g/mol. The van der Waals surface area contributed by atoms with E-state index in [0.717, 1.165) is 0 Å². The SMILES string of the molecule is Oc1ccc(OC(F)F)cc1. The lowest BCUT2D eigenvalue weighted by Gasteiger charge is -2.02. The molecular formula is C7H6F2O2. The number of hydrogen-bond acceptors (Lipinski definition) is 2. The van der Waals surface area contributed by atoms with Gasteiger partial charge in [0.25, 0.3) is 0 Å². The van der Waals surface area contributed by atoms with E-state index < -0.39 is 6.61 Å². The van der Waals surface area contributed by atoms with Gasteiger partial charge in [0, 0.05) is 0 Å². The molecule has 1 rings (SSSR count). The third kappa shape index (κ3) is 2.41. The highest BCUT2D eigenvalue weighted by Crippen LogP contribution is 2.17. The van der Waals surface area contributed by atoms with Gasteiger partial charge in [0.05, 0.1) is 0 Å². The van der Waals surface area contributed by atoms with Crippen molar-refractivity contribution in [3.8, 4) is 11.5 Å². The minimum absolute atomic E-state index is 0.0200. The van der Waals surface area contributed by atoms with Crippen LogP contribution in [0.3, 0.4) is 0 Å². The molecule has 0 spiro atoms. The molecule has 0 fully saturated rings. The van der Waals surface area contributed by atoms with Crippen molar-refractivity contribution in [2.45, 2.75) is 6.61 Å². The molecule has 0 saturated carbocycles. The van der Waals surface area contributed by atoms with Crippen LogP contribution in [0, 0.1) is 0 Å². The highest BCUT2D eigenvalue weighted by Gasteiger charge is 2.02. The summed E-state index contributed by atoms with van der Waals surface area (Å²) >= 11 is 0. The summed E-state index contributed by atoms with van der Waals surface area (Å²) in [6, 6.07) is 5.08. The largest absolute Gasteiger partial charge is 0.508 e. The molecule has 1 aromatic carbocycles. The van der Waals surface area contributed by atoms with Gasteiger partial charge in [-0.25, -0.2) is 0 Å². The van der Waals surface area contributed by atoms with Crippen LogP contribution in [0.25, 0.3) is 0 Å². The Labute approximate surface area is 62.0 Å². The quantitative estimate of drug-likeness (QED) is 0.716. The molecule has 2 nitrogen and oxygen atoms in total. The van der Waals surface area contributed by atoms with Crippen molar-refractivity contribution >= 4 is 0 Å². The summed E-state index contributed by atoms with van der Waals surface area (Å²) < 4.78 is 27.1. The molecule has 4 heteroatoms. The summed E-state index contributed by atoms with van der Waals surface area (Å²) in [7, 11) is 0. The average Bonchev–Trinajstić information content (AvgIpc) is 1.93. The first kappa shape index (κ1) is 7.78. The van der Waals surface area contributed by atoms with E-state index in [4.69, 9.17) is 5.11 Å². The van der Waals surface area contributed by atoms with E-state index >= 15 is 0 Å². The Morgan fingerprint density at radius 1 is 1.18 bits per heavy atom. The Morgan fingerprint density at radius 2 is 1.73 bits per heavy atom. The maximum absolute atomic E-state index is 11.5. The lowest BCUT2D eigenvalue weighted by molar-refractivity contribution is -0.0498. The first-order chi connectivity index (χ1) is 5.18. The van der Waals surface area contributed by atoms with E-state index in [0.29, 0.717) is 0 Å². The Balaban J connectivity index is 2.66. The summed E-state index contributed by atoms with van der Waals surface area (Å²) in [4.78, 5) is 0. The molecule has 0 atom stereocenters. The normalized spacial score (nSPS) is 10.1. The van der Waals surface area contributed by atoms with Gasteiger partial charge in [-0.2, -0.15) is 8.78 Å². The molecule has 1 aromatic rings. The molecule has 0 aliphatic carbocycles. The van der Waals surface area contributed by atoms with Crippen LogP contribution < -0.4 is 4.74 Å². The molecule has 1 N–H and O–H groups in total. The zero-order valence-corrected chi connectivity index (χ0v) is 5.50. The smallest absolute Gasteiger partial charge is 0.387 e. The summed E-state index contributed by atoms with van der Waals surface area (Å²) in [5.74, 6) is 0.0596. The summed E-state index contributed by atoms with van der Waals surface area (Å²) in [6.45, 7) is -2.82. The van der Waals surface area contributed by atoms with Gasteiger partial charge in [0.2, 0.25) is 0 Å². The molecule has 11 heavy (non-hydrogen) atoms. The molecule has 0 amide bonds. The van der Waals surface area contributed by atoms with Crippen molar-refractivity contribution in [1.82, 2.24) is 0 Å². The van der Waals surface area contributed by atoms with Gasteiger partial charge in [-0.1, -0.05) is 0 Å². The molecule has 0 radical (unpaired) electrons. The highest BCUT2D eigenvalue weighted by atomic mass is 19.3. The number of benzene rings is 1. The predicted octanol–water partition coefficient (Wildman–Crippen LogP) is 1.99. The van der Waals surface area contributed by atoms with Crippen molar-refractivity contribution in [2.24, 2.45) is 0 Å². The number of phenolic OH excluding ortho intramolecular Hbond substituents is 1. The van der Waals surface area contributed by atoms with Crippen LogP contribution >= 0.6 is 0 Å². The first-order valence-electron chi connectivity index (χ1n) is 2.92. The third-order valence-corrected chi connectivity index (χ3v) is 1.06. The summed E-state index contributed by atoms with van der Waals surface area (Å²) in [5, 5.41) is 8.75. The molecule has 60 valence electrons. The van der Waals surface area contributed by atoms with E-state index in [2.05, 4.69) is 4.74 Å². The number of aromatic hydroxyl groups is 1. The fraction of sp³-hybridized carbons (Fsp3) is 0.143. The van der Waals surface area contributed by atoms with Crippen LogP contribution in [0.1, 0.15) is 0 Å². The van der Waals surface area contributed by atoms with Crippen LogP contribution in [0.5, 0.6) is 11.5 Å². The minimum atomic E-state index is -2.82. The van der Waals surface area contributed by atoms with Gasteiger partial charge < -0.3 is 9.84 Å². The fourth-order valence-electron chi connectivity index (χ4n) is 0.628. The monoisotopic (exact) mass is 160 g/mol. The lowest BCUT2D eigenvalue weighted by atomic mass is 10.3. The highest BCUT2D eigenvalue weighted by molar-refractivity contribution is 5.29. The lowest BCUT2D eigenvalue weighted by Crippen LogP contribution is -2.01. The topological polar surface area (TPSA) is 29.5 Å². The van der Waals surface area contributed by atoms with Crippen LogP contribution in [0.4, 0.5) is 8.78 Å². The number of halogens is 2. The van der Waals surface area contributed by atoms with Crippen molar-refractivity contribution in [2.75, 3.05) is 0 Å². The zero-order chi connectivity index (χ0) is 8.27. The zero-order valence-electron chi connectivity index (χ0n) is 5.50. The Hall–Kier alpha value is -1.32. The Morgan fingerprint density at radius 3 is 2.18 bits per heavy atom. The molecule has 0 heterocycles. The molecule has 0 aliphatic heterocycles. The van der Waals surface area contributed by atoms with Gasteiger partial charge in [0.1, 0.15) is 11.5 Å². The van der Waals surface area contributed by atoms with Crippen molar-refractivity contribution in [3.05, 3.63) is 24.3 Å². The molecule has 0 unspecified atom stereocenters. The molecule has 0 bridgehead atoms. The molecule has 0 aliphatic rings. The van der Waals surface area contributed by atoms with E-state index in [1.807, 2.05) is 0 Å². The van der Waals surface area contributed by atoms with Crippen molar-refractivity contribution in [1.29, 1.82) is 0 Å². The number of rotatable bonds is 2. The number of hydrogen-bond donors (Lipinski definition) is 1. The predicted molar refractivity (Wildman–Crippen MR) is 34.7 cm³/mol. The van der Waals surface area contributed by atoms with Gasteiger partial charge in [0.15, 0.2) is 0 Å². The van der Waals surface area contributed by atoms with Gasteiger partial charge >= 0.3 is 6.61 Å². The van der Waals surface area contributed by atoms with Crippen LogP contribution in [-0.4, -0.2) is 11.7 Å². The third-order valence-electron chi connectivity index (χ3n) is 1.06. The Kier molecular flexibility index (Phi) is 2.25. The van der Waals surface area contributed by atoms with E-state index in [-0.39, 0.29) is 11.5 Å². The standard InChI is InChI=1S/C7H6F2O2/c8-7(9)11-6-3-1-5(10)2-4-6/h1-4,7,10H. The molecule has 0 saturated heterocycles. The van der Waals surface area contributed by atoms with Gasteiger partial charge in [-0.3, -0.25) is 0 Å². The first-order valence-corrected chi connectivity index (χ1v) is 2.92. The number of phenols is 1. The maximum Gasteiger partial charge on any atom is 0.387 e. The van der Waals surface area contributed by atoms with E-state index in [1.54, 1.807) is 0 Å². The summed E-state index contributed by atoms with van der Waals surface area (Å²) in [5.41, 5.74) is 0. The maximum atomic E-state index is 11.5. The second-order valence-electron chi connectivity index (χ2n) is 1.87. The second-order valence-corrected chi connectivity index (χ2v) is 1.87. The second kappa shape index (κ2) is 3.18. The van der Waals surface area contributed by atoms with E-state index in [1.165, 1.54) is 24.3 Å². The van der Waals surface area contributed by atoms with Crippen molar-refractivity contribution < 1.29 is 18.6 Å². The fourth-order valence-corrected chi connectivity index (χ4v) is 0.628. The van der Waals surface area contributed by atoms with Crippen LogP contribution in [-0.2, 0) is 0 Å². The van der Waals surface area contributed by atoms with Gasteiger partial charge in [-0.05, 0) is 24.3 Å². The van der Waals surface area contributed by atoms with Gasteiger partial charge in [-0.15, -0.1) is 0 Å². The molecule has 0 aromatic heterocycles. The van der Waals surface area contributed by atoms with Crippen LogP contribution in [0.15, 0.2) is 24.3 Å². The minimum Gasteiger partial charge on any atom is -0.508 e. The number of ether oxygens (including phenoxy) is 1. The Bertz CT molecular complexity index is 220. The average molecular weight is 160 g/mol.